The van der Waals surface area contributed by atoms with Crippen LogP contribution in [0.2, 0.25) is 0 Å². The SMILES string of the molecule is CN1C(=O)c2ccc([N+](=O)[O-])cc2C1=O.C[C@H]1COc2ccccc2O1.Cc1cccc2c1OCCCO2. The first kappa shape index (κ1) is 26.5. The molecule has 0 saturated carbocycles. The lowest BCUT2D eigenvalue weighted by atomic mass is 10.1. The van der Waals surface area contributed by atoms with Crippen molar-refractivity contribution < 1.29 is 33.5 Å². The summed E-state index contributed by atoms with van der Waals surface area (Å²) in [5, 5.41) is 10.5. The van der Waals surface area contributed by atoms with Gasteiger partial charge in [0, 0.05) is 25.6 Å². The summed E-state index contributed by atoms with van der Waals surface area (Å²) >= 11 is 0. The number of nitro groups is 1. The van der Waals surface area contributed by atoms with Gasteiger partial charge in [-0.05, 0) is 43.7 Å². The third-order valence-corrected chi connectivity index (χ3v) is 5.90. The van der Waals surface area contributed by atoms with Gasteiger partial charge in [0.15, 0.2) is 23.0 Å². The van der Waals surface area contributed by atoms with Crippen LogP contribution in [0, 0.1) is 17.0 Å². The van der Waals surface area contributed by atoms with Crippen LogP contribution in [0.1, 0.15) is 39.6 Å². The number of rotatable bonds is 1. The fourth-order valence-electron chi connectivity index (χ4n) is 3.93. The first-order valence-corrected chi connectivity index (χ1v) is 12.1. The highest BCUT2D eigenvalue weighted by molar-refractivity contribution is 6.21. The Morgan fingerprint density at radius 2 is 1.55 bits per heavy atom. The molecule has 10 heteroatoms. The van der Waals surface area contributed by atoms with E-state index in [0.717, 1.165) is 59.2 Å². The Kier molecular flexibility index (Phi) is 8.10. The second-order valence-corrected chi connectivity index (χ2v) is 8.80. The number of amides is 2. The molecule has 6 rings (SSSR count). The van der Waals surface area contributed by atoms with E-state index in [1.54, 1.807) is 0 Å². The average molecular weight is 521 g/mol. The number of aryl methyl sites for hydroxylation is 1. The van der Waals surface area contributed by atoms with Crippen LogP contribution < -0.4 is 18.9 Å². The van der Waals surface area contributed by atoms with Crippen molar-refractivity contribution in [1.82, 2.24) is 4.90 Å². The molecule has 3 aliphatic rings. The number of hydrogen-bond donors (Lipinski definition) is 0. The molecule has 198 valence electrons. The molecule has 0 N–H and O–H groups in total. The number of non-ortho nitro benzene ring substituents is 1. The van der Waals surface area contributed by atoms with Gasteiger partial charge in [-0.15, -0.1) is 0 Å². The number of nitrogens with zero attached hydrogens (tertiary/aromatic N) is 2. The normalized spacial score (nSPS) is 16.7. The third-order valence-electron chi connectivity index (χ3n) is 5.90. The van der Waals surface area contributed by atoms with Gasteiger partial charge in [-0.1, -0.05) is 24.3 Å². The molecule has 0 saturated heterocycles. The Bertz CT molecular complexity index is 1360. The van der Waals surface area contributed by atoms with E-state index in [1.807, 2.05) is 56.3 Å². The lowest BCUT2D eigenvalue weighted by Gasteiger charge is -2.23. The Morgan fingerprint density at radius 1 is 0.868 bits per heavy atom. The van der Waals surface area contributed by atoms with Crippen molar-refractivity contribution in [2.24, 2.45) is 0 Å². The Morgan fingerprint density at radius 3 is 2.32 bits per heavy atom. The zero-order valence-corrected chi connectivity index (χ0v) is 21.3. The molecule has 0 fully saturated rings. The minimum atomic E-state index is -0.601. The molecule has 3 heterocycles. The van der Waals surface area contributed by atoms with E-state index in [0.29, 0.717) is 6.61 Å². The van der Waals surface area contributed by atoms with Crippen LogP contribution in [0.25, 0.3) is 0 Å². The van der Waals surface area contributed by atoms with E-state index in [4.69, 9.17) is 18.9 Å². The monoisotopic (exact) mass is 520 g/mol. The minimum Gasteiger partial charge on any atom is -0.490 e. The summed E-state index contributed by atoms with van der Waals surface area (Å²) in [6.45, 7) is 6.20. The van der Waals surface area contributed by atoms with Gasteiger partial charge < -0.3 is 18.9 Å². The summed E-state index contributed by atoms with van der Waals surface area (Å²) < 4.78 is 22.0. The molecule has 0 bridgehead atoms. The van der Waals surface area contributed by atoms with Crippen molar-refractivity contribution in [2.45, 2.75) is 26.4 Å². The predicted molar refractivity (Wildman–Crippen MR) is 138 cm³/mol. The summed E-state index contributed by atoms with van der Waals surface area (Å²) in [7, 11) is 1.34. The maximum absolute atomic E-state index is 11.5. The van der Waals surface area contributed by atoms with Gasteiger partial charge in [0.25, 0.3) is 17.5 Å². The highest BCUT2D eigenvalue weighted by atomic mass is 16.6. The van der Waals surface area contributed by atoms with Crippen molar-refractivity contribution in [3.05, 3.63) is 87.5 Å². The molecule has 10 nitrogen and oxygen atoms in total. The van der Waals surface area contributed by atoms with Crippen LogP contribution in [0.5, 0.6) is 23.0 Å². The van der Waals surface area contributed by atoms with Crippen molar-refractivity contribution in [2.75, 3.05) is 26.9 Å². The topological polar surface area (TPSA) is 117 Å². The zero-order valence-electron chi connectivity index (χ0n) is 21.3. The van der Waals surface area contributed by atoms with Crippen LogP contribution in [0.4, 0.5) is 5.69 Å². The average Bonchev–Trinajstić information content (AvgIpc) is 3.08. The second-order valence-electron chi connectivity index (χ2n) is 8.80. The van der Waals surface area contributed by atoms with Crippen molar-refractivity contribution in [1.29, 1.82) is 0 Å². The van der Waals surface area contributed by atoms with Gasteiger partial charge in [0.05, 0.1) is 29.3 Å². The van der Waals surface area contributed by atoms with Crippen molar-refractivity contribution in [3.63, 3.8) is 0 Å². The van der Waals surface area contributed by atoms with Crippen LogP contribution >= 0.6 is 0 Å². The van der Waals surface area contributed by atoms with E-state index in [9.17, 15) is 19.7 Å². The van der Waals surface area contributed by atoms with Gasteiger partial charge in [0.2, 0.25) is 0 Å². The molecule has 38 heavy (non-hydrogen) atoms. The lowest BCUT2D eigenvalue weighted by Crippen LogP contribution is -2.25. The van der Waals surface area contributed by atoms with Crippen LogP contribution in [-0.2, 0) is 0 Å². The molecule has 2 amide bonds. The number of ether oxygens (including phenoxy) is 4. The van der Waals surface area contributed by atoms with Crippen LogP contribution in [0.15, 0.2) is 60.7 Å². The van der Waals surface area contributed by atoms with E-state index in [1.165, 1.54) is 19.2 Å². The van der Waals surface area contributed by atoms with Crippen LogP contribution in [0.3, 0.4) is 0 Å². The summed E-state index contributed by atoms with van der Waals surface area (Å²) in [4.78, 5) is 33.7. The minimum absolute atomic E-state index is 0.0942. The van der Waals surface area contributed by atoms with Crippen molar-refractivity contribution in [3.8, 4) is 23.0 Å². The van der Waals surface area contributed by atoms with E-state index < -0.39 is 16.7 Å². The summed E-state index contributed by atoms with van der Waals surface area (Å²) in [6, 6.07) is 17.3. The number of imide groups is 1. The molecular formula is C28H28N2O8. The van der Waals surface area contributed by atoms with Gasteiger partial charge >= 0.3 is 0 Å². The number of carbonyl (C=O) groups is 2. The van der Waals surface area contributed by atoms with Gasteiger partial charge in [-0.3, -0.25) is 24.6 Å². The predicted octanol–water partition coefficient (Wildman–Crippen LogP) is 4.82. The Balaban J connectivity index is 0.000000134. The quantitative estimate of drug-likeness (QED) is 0.255. The first-order chi connectivity index (χ1) is 18.3. The molecule has 0 unspecified atom stereocenters. The zero-order chi connectivity index (χ0) is 27.2. The van der Waals surface area contributed by atoms with Crippen LogP contribution in [-0.4, -0.2) is 54.6 Å². The maximum atomic E-state index is 11.5. The number of carbonyl (C=O) groups excluding carboxylic acids is 2. The van der Waals surface area contributed by atoms with Gasteiger partial charge in [-0.2, -0.15) is 0 Å². The number of nitro benzene ring substituents is 1. The summed E-state index contributed by atoms with van der Waals surface area (Å²) in [5.74, 6) is 2.57. The molecule has 1 atom stereocenters. The number of hydrogen-bond acceptors (Lipinski definition) is 8. The standard InChI is InChI=1S/C10H12O2.C9H6N2O4.C9H10O2/c1-8-4-2-5-9-10(8)12-7-3-6-11-9;1-10-8(12)6-3-2-5(11(14)15)4-7(6)9(10)13;1-7-6-10-8-4-2-3-5-9(8)11-7/h2,4-5H,3,6-7H2,1H3;2-4H,1H3;2-5,7H,6H2,1H3/t;;7-/m..0/s1. The van der Waals surface area contributed by atoms with E-state index in [2.05, 4.69) is 0 Å². The molecule has 3 aromatic carbocycles. The van der Waals surface area contributed by atoms with Crippen molar-refractivity contribution >= 4 is 17.5 Å². The fraction of sp³-hybridized carbons (Fsp3) is 0.286. The smallest absolute Gasteiger partial charge is 0.270 e. The molecule has 0 aromatic heterocycles. The molecule has 3 aromatic rings. The highest BCUT2D eigenvalue weighted by Crippen LogP contribution is 2.32. The highest BCUT2D eigenvalue weighted by Gasteiger charge is 2.33. The number of fused-ring (bicyclic) bond motifs is 3. The van der Waals surface area contributed by atoms with E-state index >= 15 is 0 Å². The van der Waals surface area contributed by atoms with Gasteiger partial charge in [-0.25, -0.2) is 0 Å². The molecule has 3 aliphatic heterocycles. The molecule has 0 aliphatic carbocycles. The largest absolute Gasteiger partial charge is 0.490 e. The molecular weight excluding hydrogens is 492 g/mol. The Labute approximate surface area is 219 Å². The number of para-hydroxylation sites is 3. The fourth-order valence-corrected chi connectivity index (χ4v) is 3.93. The maximum Gasteiger partial charge on any atom is 0.270 e. The molecule has 0 radical (unpaired) electrons. The summed E-state index contributed by atoms with van der Waals surface area (Å²) in [5.41, 5.74) is 1.27. The van der Waals surface area contributed by atoms with E-state index in [-0.39, 0.29) is 22.9 Å². The van der Waals surface area contributed by atoms with Gasteiger partial charge in [0.1, 0.15) is 12.7 Å². The first-order valence-electron chi connectivity index (χ1n) is 12.1. The third kappa shape index (κ3) is 5.86. The Hall–Kier alpha value is -4.60. The summed E-state index contributed by atoms with van der Waals surface area (Å²) in [6.07, 6.45) is 1.14. The second kappa shape index (κ2) is 11.6. The number of benzene rings is 3. The molecule has 0 spiro atoms. The lowest BCUT2D eigenvalue weighted by molar-refractivity contribution is -0.384.